The summed E-state index contributed by atoms with van der Waals surface area (Å²) in [5, 5.41) is 3.53. The maximum Gasteiger partial charge on any atom is 0.161 e. The molecule has 1 heterocycles. The van der Waals surface area contributed by atoms with E-state index in [4.69, 9.17) is 9.47 Å². The van der Waals surface area contributed by atoms with Crippen LogP contribution in [0.3, 0.4) is 0 Å². The highest BCUT2D eigenvalue weighted by Crippen LogP contribution is 2.30. The van der Waals surface area contributed by atoms with Crippen LogP contribution in [0.5, 0.6) is 11.5 Å². The molecule has 1 N–H and O–H groups in total. The lowest BCUT2D eigenvalue weighted by Crippen LogP contribution is -2.23. The molecule has 1 aromatic rings. The Bertz CT molecular complexity index is 392. The smallest absolute Gasteiger partial charge is 0.161 e. The third-order valence-corrected chi connectivity index (χ3v) is 3.47. The van der Waals surface area contributed by atoms with Crippen molar-refractivity contribution in [2.45, 2.75) is 33.1 Å². The van der Waals surface area contributed by atoms with Crippen LogP contribution in [0.1, 0.15) is 32.3 Å². The van der Waals surface area contributed by atoms with E-state index in [2.05, 4.69) is 31.3 Å². The van der Waals surface area contributed by atoms with Gasteiger partial charge in [0, 0.05) is 0 Å². The summed E-state index contributed by atoms with van der Waals surface area (Å²) in [7, 11) is 0. The number of hydrogen-bond acceptors (Lipinski definition) is 3. The number of hydrogen-bond donors (Lipinski definition) is 1. The van der Waals surface area contributed by atoms with Crippen molar-refractivity contribution in [2.24, 2.45) is 5.92 Å². The van der Waals surface area contributed by atoms with Crippen LogP contribution < -0.4 is 14.8 Å². The molecule has 0 saturated heterocycles. The van der Waals surface area contributed by atoms with Crippen molar-refractivity contribution < 1.29 is 9.47 Å². The molecule has 1 aliphatic heterocycles. The minimum Gasteiger partial charge on any atom is -0.486 e. The standard InChI is InChI=1S/C16H25NO2/c1-3-4-13(2)12-17-8-7-14-5-6-15-16(11-14)19-10-9-18-15/h5-6,11,13,17H,3-4,7-10,12H2,1-2H3. The molecule has 3 nitrogen and oxygen atoms in total. The Morgan fingerprint density at radius 3 is 2.79 bits per heavy atom. The van der Waals surface area contributed by atoms with E-state index in [1.54, 1.807) is 0 Å². The Morgan fingerprint density at radius 2 is 2.00 bits per heavy atom. The monoisotopic (exact) mass is 263 g/mol. The lowest BCUT2D eigenvalue weighted by atomic mass is 10.1. The quantitative estimate of drug-likeness (QED) is 0.767. The van der Waals surface area contributed by atoms with Crippen LogP contribution in [-0.4, -0.2) is 26.3 Å². The fourth-order valence-corrected chi connectivity index (χ4v) is 2.42. The first-order valence-corrected chi connectivity index (χ1v) is 7.39. The van der Waals surface area contributed by atoms with E-state index in [9.17, 15) is 0 Å². The van der Waals surface area contributed by atoms with Crippen molar-refractivity contribution in [3.63, 3.8) is 0 Å². The topological polar surface area (TPSA) is 30.5 Å². The van der Waals surface area contributed by atoms with Crippen molar-refractivity contribution in [1.29, 1.82) is 0 Å². The van der Waals surface area contributed by atoms with Crippen LogP contribution in [0.4, 0.5) is 0 Å². The van der Waals surface area contributed by atoms with Gasteiger partial charge in [-0.25, -0.2) is 0 Å². The molecule has 2 rings (SSSR count). The van der Waals surface area contributed by atoms with E-state index < -0.39 is 0 Å². The molecule has 0 amide bonds. The first-order valence-electron chi connectivity index (χ1n) is 7.39. The third kappa shape index (κ3) is 4.43. The molecule has 0 spiro atoms. The average Bonchev–Trinajstić information content (AvgIpc) is 2.44. The van der Waals surface area contributed by atoms with Crippen LogP contribution in [0.15, 0.2) is 18.2 Å². The first-order chi connectivity index (χ1) is 9.29. The maximum absolute atomic E-state index is 5.60. The molecule has 1 unspecified atom stereocenters. The summed E-state index contributed by atoms with van der Waals surface area (Å²) in [5.74, 6) is 2.54. The minimum atomic E-state index is 0.656. The van der Waals surface area contributed by atoms with Crippen LogP contribution in [0.25, 0.3) is 0 Å². The van der Waals surface area contributed by atoms with Gasteiger partial charge in [-0.3, -0.25) is 0 Å². The first kappa shape index (κ1) is 14.2. The van der Waals surface area contributed by atoms with Gasteiger partial charge in [0.15, 0.2) is 11.5 Å². The van der Waals surface area contributed by atoms with E-state index in [1.165, 1.54) is 18.4 Å². The zero-order valence-electron chi connectivity index (χ0n) is 12.1. The van der Waals surface area contributed by atoms with Crippen molar-refractivity contribution in [1.82, 2.24) is 5.32 Å². The molecule has 1 atom stereocenters. The molecular weight excluding hydrogens is 238 g/mol. The van der Waals surface area contributed by atoms with Gasteiger partial charge in [0.05, 0.1) is 0 Å². The summed E-state index contributed by atoms with van der Waals surface area (Å²) in [4.78, 5) is 0. The van der Waals surface area contributed by atoms with E-state index in [-0.39, 0.29) is 0 Å². The Kier molecular flexibility index (Phi) is 5.52. The van der Waals surface area contributed by atoms with Crippen LogP contribution in [0.2, 0.25) is 0 Å². The largest absolute Gasteiger partial charge is 0.486 e. The van der Waals surface area contributed by atoms with Gasteiger partial charge in [0.2, 0.25) is 0 Å². The summed E-state index contributed by atoms with van der Waals surface area (Å²) >= 11 is 0. The van der Waals surface area contributed by atoms with Gasteiger partial charge in [-0.2, -0.15) is 0 Å². The lowest BCUT2D eigenvalue weighted by molar-refractivity contribution is 0.171. The number of benzene rings is 1. The predicted molar refractivity (Wildman–Crippen MR) is 78.1 cm³/mol. The number of nitrogens with one attached hydrogen (secondary N) is 1. The second-order valence-electron chi connectivity index (χ2n) is 5.33. The molecule has 1 aromatic carbocycles. The van der Waals surface area contributed by atoms with E-state index in [0.717, 1.165) is 36.9 Å². The molecule has 0 saturated carbocycles. The fourth-order valence-electron chi connectivity index (χ4n) is 2.42. The normalized spacial score (nSPS) is 15.3. The maximum atomic E-state index is 5.60. The lowest BCUT2D eigenvalue weighted by Gasteiger charge is -2.19. The van der Waals surface area contributed by atoms with Gasteiger partial charge >= 0.3 is 0 Å². The van der Waals surface area contributed by atoms with E-state index in [0.29, 0.717) is 13.2 Å². The Balaban J connectivity index is 1.74. The molecule has 0 radical (unpaired) electrons. The average molecular weight is 263 g/mol. The SMILES string of the molecule is CCCC(C)CNCCc1ccc2c(c1)OCCO2. The van der Waals surface area contributed by atoms with Gasteiger partial charge in [0.1, 0.15) is 13.2 Å². The Labute approximate surface area is 116 Å². The zero-order chi connectivity index (χ0) is 13.5. The summed E-state index contributed by atoms with van der Waals surface area (Å²) in [6, 6.07) is 6.25. The molecule has 0 bridgehead atoms. The summed E-state index contributed by atoms with van der Waals surface area (Å²) in [5.41, 5.74) is 1.31. The predicted octanol–water partition coefficient (Wildman–Crippen LogP) is 3.03. The summed E-state index contributed by atoms with van der Waals surface area (Å²) < 4.78 is 11.1. The molecule has 19 heavy (non-hydrogen) atoms. The van der Waals surface area contributed by atoms with Crippen molar-refractivity contribution >= 4 is 0 Å². The van der Waals surface area contributed by atoms with Crippen LogP contribution in [0, 0.1) is 5.92 Å². The van der Waals surface area contributed by atoms with E-state index >= 15 is 0 Å². The van der Waals surface area contributed by atoms with Crippen molar-refractivity contribution in [3.8, 4) is 11.5 Å². The van der Waals surface area contributed by atoms with Crippen molar-refractivity contribution in [2.75, 3.05) is 26.3 Å². The summed E-state index contributed by atoms with van der Waals surface area (Å²) in [6.45, 7) is 7.99. The number of fused-ring (bicyclic) bond motifs is 1. The van der Waals surface area contributed by atoms with Gasteiger partial charge in [-0.1, -0.05) is 26.3 Å². The minimum absolute atomic E-state index is 0.656. The highest BCUT2D eigenvalue weighted by molar-refractivity contribution is 5.43. The molecule has 0 aliphatic carbocycles. The van der Waals surface area contributed by atoms with Gasteiger partial charge in [0.25, 0.3) is 0 Å². The van der Waals surface area contributed by atoms with Crippen LogP contribution in [-0.2, 0) is 6.42 Å². The fraction of sp³-hybridized carbons (Fsp3) is 0.625. The van der Waals surface area contributed by atoms with Gasteiger partial charge < -0.3 is 14.8 Å². The van der Waals surface area contributed by atoms with Crippen LogP contribution >= 0.6 is 0 Å². The zero-order valence-corrected chi connectivity index (χ0v) is 12.1. The molecule has 3 heteroatoms. The Hall–Kier alpha value is -1.22. The summed E-state index contributed by atoms with van der Waals surface area (Å²) in [6.07, 6.45) is 3.61. The number of ether oxygens (including phenoxy) is 2. The van der Waals surface area contributed by atoms with E-state index in [1.807, 2.05) is 6.07 Å². The van der Waals surface area contributed by atoms with Crippen molar-refractivity contribution in [3.05, 3.63) is 23.8 Å². The molecule has 0 fully saturated rings. The van der Waals surface area contributed by atoms with Gasteiger partial charge in [-0.15, -0.1) is 0 Å². The molecular formula is C16H25NO2. The van der Waals surface area contributed by atoms with Gasteiger partial charge in [-0.05, 0) is 49.5 Å². The highest BCUT2D eigenvalue weighted by atomic mass is 16.6. The second kappa shape index (κ2) is 7.39. The second-order valence-corrected chi connectivity index (χ2v) is 5.33. The Morgan fingerprint density at radius 1 is 1.21 bits per heavy atom. The number of rotatable bonds is 7. The molecule has 106 valence electrons. The third-order valence-electron chi connectivity index (χ3n) is 3.47. The molecule has 0 aromatic heterocycles. The molecule has 1 aliphatic rings. The highest BCUT2D eigenvalue weighted by Gasteiger charge is 2.11.